The van der Waals surface area contributed by atoms with Crippen molar-refractivity contribution in [2.24, 2.45) is 5.92 Å². The first kappa shape index (κ1) is 16.9. The maximum absolute atomic E-state index is 12.2. The molecule has 0 unspecified atom stereocenters. The van der Waals surface area contributed by atoms with Crippen molar-refractivity contribution in [2.45, 2.75) is 49.7 Å². The Morgan fingerprint density at radius 2 is 2.05 bits per heavy atom. The molecule has 1 aromatic rings. The van der Waals surface area contributed by atoms with E-state index in [4.69, 9.17) is 0 Å². The van der Waals surface area contributed by atoms with Gasteiger partial charge in [-0.05, 0) is 56.8 Å². The van der Waals surface area contributed by atoms with E-state index in [0.717, 1.165) is 49.6 Å². The highest BCUT2D eigenvalue weighted by molar-refractivity contribution is 7.91. The van der Waals surface area contributed by atoms with Gasteiger partial charge in [0.1, 0.15) is 4.21 Å². The van der Waals surface area contributed by atoms with E-state index in [1.54, 1.807) is 6.07 Å². The zero-order valence-electron chi connectivity index (χ0n) is 12.7. The highest BCUT2D eigenvalue weighted by Crippen LogP contribution is 2.33. The first-order valence-electron chi connectivity index (χ1n) is 7.91. The predicted molar refractivity (Wildman–Crippen MR) is 88.3 cm³/mol. The van der Waals surface area contributed by atoms with Crippen LogP contribution in [0.4, 0.5) is 0 Å². The second-order valence-corrected chi connectivity index (χ2v) is 8.87. The minimum atomic E-state index is -3.30. The highest BCUT2D eigenvalue weighted by atomic mass is 32.2. The summed E-state index contributed by atoms with van der Waals surface area (Å²) >= 11 is 1.38. The van der Waals surface area contributed by atoms with Crippen LogP contribution < -0.4 is 10.0 Å². The fourth-order valence-electron chi connectivity index (χ4n) is 2.23. The van der Waals surface area contributed by atoms with Crippen LogP contribution in [0.15, 0.2) is 16.3 Å². The molecule has 2 N–H and O–H groups in total. The molecule has 0 radical (unpaired) electrons. The lowest BCUT2D eigenvalue weighted by molar-refractivity contribution is 0.574. The SMILES string of the molecule is CCCNCCc1ccc(S(=O)(=O)NCCCC2CC2)s1. The molecule has 0 aromatic carbocycles. The molecule has 1 aliphatic carbocycles. The number of rotatable bonds is 11. The van der Waals surface area contributed by atoms with Gasteiger partial charge in [-0.15, -0.1) is 11.3 Å². The topological polar surface area (TPSA) is 58.2 Å². The monoisotopic (exact) mass is 330 g/mol. The van der Waals surface area contributed by atoms with Crippen LogP contribution in [0.1, 0.15) is 43.9 Å². The van der Waals surface area contributed by atoms with Gasteiger partial charge >= 0.3 is 0 Å². The van der Waals surface area contributed by atoms with Gasteiger partial charge < -0.3 is 5.32 Å². The van der Waals surface area contributed by atoms with Gasteiger partial charge in [0, 0.05) is 11.4 Å². The largest absolute Gasteiger partial charge is 0.316 e. The Morgan fingerprint density at radius 1 is 1.24 bits per heavy atom. The Bertz CT molecular complexity index is 522. The molecular weight excluding hydrogens is 304 g/mol. The molecule has 0 atom stereocenters. The fraction of sp³-hybridized carbons (Fsp3) is 0.733. The van der Waals surface area contributed by atoms with Gasteiger partial charge in [-0.2, -0.15) is 0 Å². The molecule has 0 bridgehead atoms. The molecule has 21 heavy (non-hydrogen) atoms. The molecule has 2 rings (SSSR count). The normalized spacial score (nSPS) is 15.5. The van der Waals surface area contributed by atoms with Gasteiger partial charge in [-0.25, -0.2) is 13.1 Å². The summed E-state index contributed by atoms with van der Waals surface area (Å²) < 4.78 is 27.5. The Balaban J connectivity index is 1.74. The summed E-state index contributed by atoms with van der Waals surface area (Å²) in [4.78, 5) is 1.12. The van der Waals surface area contributed by atoms with E-state index in [0.29, 0.717) is 10.8 Å². The molecule has 0 spiro atoms. The van der Waals surface area contributed by atoms with Crippen LogP contribution in [-0.4, -0.2) is 28.1 Å². The van der Waals surface area contributed by atoms with Gasteiger partial charge in [-0.3, -0.25) is 0 Å². The lowest BCUT2D eigenvalue weighted by Gasteiger charge is -2.04. The van der Waals surface area contributed by atoms with Gasteiger partial charge in [0.15, 0.2) is 0 Å². The van der Waals surface area contributed by atoms with Crippen LogP contribution in [0.2, 0.25) is 0 Å². The van der Waals surface area contributed by atoms with E-state index in [9.17, 15) is 8.42 Å². The van der Waals surface area contributed by atoms with Gasteiger partial charge in [0.25, 0.3) is 0 Å². The van der Waals surface area contributed by atoms with Crippen molar-refractivity contribution in [1.29, 1.82) is 0 Å². The smallest absolute Gasteiger partial charge is 0.250 e. The molecule has 1 aromatic heterocycles. The maximum Gasteiger partial charge on any atom is 0.250 e. The number of hydrogen-bond donors (Lipinski definition) is 2. The number of sulfonamides is 1. The third-order valence-corrected chi connectivity index (χ3v) is 6.75. The van der Waals surface area contributed by atoms with E-state index in [1.807, 2.05) is 6.07 Å². The predicted octanol–water partition coefficient (Wildman–Crippen LogP) is 2.76. The van der Waals surface area contributed by atoms with Gasteiger partial charge in [0.05, 0.1) is 0 Å². The molecule has 120 valence electrons. The first-order chi connectivity index (χ1) is 10.1. The summed E-state index contributed by atoms with van der Waals surface area (Å²) in [5.41, 5.74) is 0. The average Bonchev–Trinajstić information content (AvgIpc) is 3.15. The summed E-state index contributed by atoms with van der Waals surface area (Å²) in [5.74, 6) is 0.860. The van der Waals surface area contributed by atoms with E-state index in [-0.39, 0.29) is 0 Å². The Kier molecular flexibility index (Phi) is 6.67. The van der Waals surface area contributed by atoms with Crippen molar-refractivity contribution >= 4 is 21.4 Å². The second kappa shape index (κ2) is 8.27. The lowest BCUT2D eigenvalue weighted by Crippen LogP contribution is -2.24. The molecule has 4 nitrogen and oxygen atoms in total. The van der Waals surface area contributed by atoms with Crippen LogP contribution in [0.5, 0.6) is 0 Å². The van der Waals surface area contributed by atoms with E-state index in [1.165, 1.54) is 24.2 Å². The zero-order valence-corrected chi connectivity index (χ0v) is 14.4. The quantitative estimate of drug-likeness (QED) is 0.613. The highest BCUT2D eigenvalue weighted by Gasteiger charge is 2.21. The van der Waals surface area contributed by atoms with Crippen molar-refractivity contribution in [3.8, 4) is 0 Å². The van der Waals surface area contributed by atoms with E-state index >= 15 is 0 Å². The lowest BCUT2D eigenvalue weighted by atomic mass is 10.2. The Labute approximate surface area is 132 Å². The zero-order chi connectivity index (χ0) is 15.1. The van der Waals surface area contributed by atoms with Gasteiger partial charge in [0.2, 0.25) is 10.0 Å². The van der Waals surface area contributed by atoms with Crippen LogP contribution in [0.3, 0.4) is 0 Å². The minimum absolute atomic E-state index is 0.444. The van der Waals surface area contributed by atoms with Gasteiger partial charge in [-0.1, -0.05) is 19.8 Å². The van der Waals surface area contributed by atoms with Crippen LogP contribution >= 0.6 is 11.3 Å². The number of thiophene rings is 1. The van der Waals surface area contributed by atoms with Crippen LogP contribution in [0.25, 0.3) is 0 Å². The summed E-state index contributed by atoms with van der Waals surface area (Å²) in [7, 11) is -3.30. The summed E-state index contributed by atoms with van der Waals surface area (Å²) in [6, 6.07) is 3.65. The molecule has 0 saturated heterocycles. The molecule has 0 aliphatic heterocycles. The molecule has 6 heteroatoms. The first-order valence-corrected chi connectivity index (χ1v) is 10.2. The van der Waals surface area contributed by atoms with Crippen LogP contribution in [0, 0.1) is 5.92 Å². The number of hydrogen-bond acceptors (Lipinski definition) is 4. The maximum atomic E-state index is 12.2. The Morgan fingerprint density at radius 3 is 2.76 bits per heavy atom. The Hall–Kier alpha value is -0.430. The molecule has 1 saturated carbocycles. The molecule has 0 amide bonds. The minimum Gasteiger partial charge on any atom is -0.316 e. The van der Waals surface area contributed by atoms with E-state index < -0.39 is 10.0 Å². The third-order valence-electron chi connectivity index (χ3n) is 3.65. The average molecular weight is 331 g/mol. The molecule has 1 fully saturated rings. The molecular formula is C15H26N2O2S2. The van der Waals surface area contributed by atoms with Crippen LogP contribution in [-0.2, 0) is 16.4 Å². The third kappa shape index (κ3) is 6.06. The summed E-state index contributed by atoms with van der Waals surface area (Å²) in [6.45, 7) is 4.61. The molecule has 1 aliphatic rings. The second-order valence-electron chi connectivity index (χ2n) is 5.70. The van der Waals surface area contributed by atoms with Crippen molar-refractivity contribution in [3.05, 3.63) is 17.0 Å². The van der Waals surface area contributed by atoms with Crippen molar-refractivity contribution < 1.29 is 8.42 Å². The molecule has 1 heterocycles. The van der Waals surface area contributed by atoms with Crippen molar-refractivity contribution in [2.75, 3.05) is 19.6 Å². The summed E-state index contributed by atoms with van der Waals surface area (Å²) in [5, 5.41) is 3.33. The van der Waals surface area contributed by atoms with Crippen molar-refractivity contribution in [1.82, 2.24) is 10.0 Å². The van der Waals surface area contributed by atoms with Crippen molar-refractivity contribution in [3.63, 3.8) is 0 Å². The van der Waals surface area contributed by atoms with E-state index in [2.05, 4.69) is 17.0 Å². The number of nitrogens with one attached hydrogen (secondary N) is 2. The fourth-order valence-corrected chi connectivity index (χ4v) is 4.70. The summed E-state index contributed by atoms with van der Waals surface area (Å²) in [6.07, 6.45) is 6.77. The standard InChI is InChI=1S/C15H26N2O2S2/c1-2-10-16-12-9-14-7-8-15(20-14)21(18,19)17-11-3-4-13-5-6-13/h7-8,13,16-17H,2-6,9-12H2,1H3.